The molecule has 0 aliphatic carbocycles. The van der Waals surface area contributed by atoms with E-state index < -0.39 is 0 Å². The third-order valence-corrected chi connectivity index (χ3v) is 11.6. The molecule has 0 saturated carbocycles. The monoisotopic (exact) mass is 691 g/mol. The molecule has 230 valence electrons. The molecule has 0 bridgehead atoms. The normalized spacial score (nSPS) is 11.3. The zero-order valence-corrected chi connectivity index (χ0v) is 28.2. The van der Waals surface area contributed by atoms with Crippen molar-refractivity contribution < 1.29 is 0 Å². The number of aromatic nitrogens is 3. The van der Waals surface area contributed by atoms with Crippen molar-refractivity contribution in [1.29, 1.82) is 0 Å². The van der Waals surface area contributed by atoms with Gasteiger partial charge in [0.1, 0.15) is 0 Å². The van der Waals surface area contributed by atoms with Crippen LogP contribution < -0.4 is 0 Å². The predicted molar refractivity (Wildman–Crippen MR) is 204 cm³/mol. The van der Waals surface area contributed by atoms with Crippen LogP contribution in [0.2, 0.25) is 0 Å². The number of nitrogens with zero attached hydrogens (tertiary/aromatic N) is 3. The second-order valence-electron chi connectivity index (χ2n) is 12.0. The van der Waals surface area contributed by atoms with Crippen molar-refractivity contribution >= 4 is 33.8 Å². The minimum atomic E-state index is 0.197. The Hall–Kier alpha value is -5.93. The molecule has 2 heterocycles. The molecule has 0 aliphatic rings. The topological polar surface area (TPSA) is 38.7 Å². The quantitative estimate of drug-likeness (QED) is 0.163. The van der Waals surface area contributed by atoms with Crippen molar-refractivity contribution in [3.05, 3.63) is 176 Å². The zero-order valence-electron chi connectivity index (χ0n) is 26.5. The third kappa shape index (κ3) is 5.19. The van der Waals surface area contributed by atoms with E-state index in [9.17, 15) is 0 Å². The molecule has 49 heavy (non-hydrogen) atoms. The van der Waals surface area contributed by atoms with Gasteiger partial charge in [-0.05, 0) is 0 Å². The first-order valence-electron chi connectivity index (χ1n) is 16.4. The van der Waals surface area contributed by atoms with Crippen LogP contribution in [0.3, 0.4) is 0 Å². The van der Waals surface area contributed by atoms with Crippen LogP contribution in [0.25, 0.3) is 86.3 Å². The summed E-state index contributed by atoms with van der Waals surface area (Å²) in [6.07, 6.45) is 0. The van der Waals surface area contributed by atoms with Crippen LogP contribution in [-0.2, 0) is 0 Å². The average Bonchev–Trinajstić information content (AvgIpc) is 3.57. The van der Waals surface area contributed by atoms with Crippen molar-refractivity contribution in [3.8, 4) is 67.0 Å². The van der Waals surface area contributed by atoms with Gasteiger partial charge in [-0.25, -0.2) is 0 Å². The molecule has 9 aromatic rings. The van der Waals surface area contributed by atoms with Crippen LogP contribution >= 0.6 is 0 Å². The van der Waals surface area contributed by atoms with Gasteiger partial charge in [-0.1, -0.05) is 0 Å². The fourth-order valence-electron chi connectivity index (χ4n) is 7.00. The standard InChI is InChI=1S/C45H29N3Se/c1-4-16-30(17-5-1)33-22-10-12-24-35(33)41-38(28-29-40-42(41)37-26-14-15-27-39(37)49-40)45-43(44(46-48-47-45)32-20-8-3-9-21-32)36-25-13-11-23-34(36)31-18-6-2-7-19-31/h1-29H. The second kappa shape index (κ2) is 12.6. The first kappa shape index (κ1) is 29.2. The second-order valence-corrected chi connectivity index (χ2v) is 14.3. The Morgan fingerprint density at radius 1 is 0.327 bits per heavy atom. The fourth-order valence-corrected chi connectivity index (χ4v) is 9.34. The van der Waals surface area contributed by atoms with Crippen LogP contribution in [0.15, 0.2) is 176 Å². The molecule has 2 aromatic heterocycles. The van der Waals surface area contributed by atoms with Crippen molar-refractivity contribution in [1.82, 2.24) is 15.4 Å². The van der Waals surface area contributed by atoms with Gasteiger partial charge in [0.15, 0.2) is 0 Å². The first-order chi connectivity index (χ1) is 24.3. The minimum absolute atomic E-state index is 0.197. The van der Waals surface area contributed by atoms with Gasteiger partial charge < -0.3 is 0 Å². The first-order valence-corrected chi connectivity index (χ1v) is 18.1. The average molecular weight is 691 g/mol. The number of hydrogen-bond acceptors (Lipinski definition) is 3. The summed E-state index contributed by atoms with van der Waals surface area (Å²) in [6.45, 7) is 0. The molecule has 0 unspecified atom stereocenters. The molecule has 0 radical (unpaired) electrons. The van der Waals surface area contributed by atoms with E-state index in [0.717, 1.165) is 44.8 Å². The number of fused-ring (bicyclic) bond motifs is 3. The van der Waals surface area contributed by atoms with E-state index in [1.807, 2.05) is 6.07 Å². The molecule has 3 nitrogen and oxygen atoms in total. The maximum atomic E-state index is 4.96. The van der Waals surface area contributed by atoms with E-state index in [4.69, 9.17) is 10.2 Å². The Labute approximate surface area is 290 Å². The van der Waals surface area contributed by atoms with Crippen LogP contribution in [0.5, 0.6) is 0 Å². The van der Waals surface area contributed by atoms with Crippen molar-refractivity contribution in [2.75, 3.05) is 0 Å². The van der Waals surface area contributed by atoms with Gasteiger partial charge in [0.25, 0.3) is 0 Å². The van der Waals surface area contributed by atoms with Crippen molar-refractivity contribution in [2.45, 2.75) is 0 Å². The predicted octanol–water partition coefficient (Wildman–Crippen LogP) is 11.2. The van der Waals surface area contributed by atoms with Crippen LogP contribution in [-0.4, -0.2) is 29.9 Å². The van der Waals surface area contributed by atoms with E-state index in [-0.39, 0.29) is 14.5 Å². The van der Waals surface area contributed by atoms with Gasteiger partial charge in [0.2, 0.25) is 0 Å². The molecular formula is C45H29N3Se. The maximum absolute atomic E-state index is 4.96. The van der Waals surface area contributed by atoms with Crippen LogP contribution in [0.4, 0.5) is 0 Å². The molecule has 0 aliphatic heterocycles. The molecule has 0 spiro atoms. The van der Waals surface area contributed by atoms with Gasteiger partial charge in [0, 0.05) is 0 Å². The van der Waals surface area contributed by atoms with Crippen LogP contribution in [0.1, 0.15) is 0 Å². The molecule has 0 N–H and O–H groups in total. The number of hydrogen-bond donors (Lipinski definition) is 0. The third-order valence-electron chi connectivity index (χ3n) is 9.17. The molecular weight excluding hydrogens is 661 g/mol. The Bertz CT molecular complexity index is 2590. The summed E-state index contributed by atoms with van der Waals surface area (Å²) >= 11 is 0.197. The number of benzene rings is 7. The van der Waals surface area contributed by atoms with E-state index in [1.165, 1.54) is 41.5 Å². The van der Waals surface area contributed by atoms with Gasteiger partial charge in [0.05, 0.1) is 0 Å². The van der Waals surface area contributed by atoms with E-state index in [0.29, 0.717) is 0 Å². The van der Waals surface area contributed by atoms with E-state index >= 15 is 0 Å². The van der Waals surface area contributed by atoms with E-state index in [2.05, 4.69) is 175 Å². The summed E-state index contributed by atoms with van der Waals surface area (Å²) in [5.74, 6) is 0. The summed E-state index contributed by atoms with van der Waals surface area (Å²) in [4.78, 5) is 0. The Kier molecular flexibility index (Phi) is 7.51. The Morgan fingerprint density at radius 3 is 1.45 bits per heavy atom. The fraction of sp³-hybridized carbons (Fsp3) is 0. The van der Waals surface area contributed by atoms with Gasteiger partial charge in [-0.3, -0.25) is 0 Å². The summed E-state index contributed by atoms with van der Waals surface area (Å²) in [7, 11) is 0. The molecule has 7 aromatic carbocycles. The summed E-state index contributed by atoms with van der Waals surface area (Å²) in [6, 6.07) is 62.5. The van der Waals surface area contributed by atoms with Gasteiger partial charge in [-0.2, -0.15) is 0 Å². The molecule has 0 fully saturated rings. The molecule has 9 rings (SSSR count). The zero-order chi connectivity index (χ0) is 32.6. The number of rotatable bonds is 6. The van der Waals surface area contributed by atoms with Crippen LogP contribution in [0, 0.1) is 0 Å². The molecule has 4 heteroatoms. The van der Waals surface area contributed by atoms with E-state index in [1.54, 1.807) is 0 Å². The summed E-state index contributed by atoms with van der Waals surface area (Å²) < 4.78 is 2.79. The molecule has 0 atom stereocenters. The summed E-state index contributed by atoms with van der Waals surface area (Å²) in [5.41, 5.74) is 12.7. The van der Waals surface area contributed by atoms with Crippen molar-refractivity contribution in [3.63, 3.8) is 0 Å². The Morgan fingerprint density at radius 2 is 0.816 bits per heavy atom. The van der Waals surface area contributed by atoms with Gasteiger partial charge in [-0.15, -0.1) is 0 Å². The molecule has 0 saturated heterocycles. The molecule has 0 amide bonds. The summed E-state index contributed by atoms with van der Waals surface area (Å²) in [5, 5.41) is 16.8. The van der Waals surface area contributed by atoms with Gasteiger partial charge >= 0.3 is 292 Å². The van der Waals surface area contributed by atoms with Crippen molar-refractivity contribution in [2.24, 2.45) is 0 Å². The Balaban J connectivity index is 1.43. The SMILES string of the molecule is c1ccc(-c2ccccc2-c2c(-c3ccccc3)nnnc2-c2ccc3[se]c4ccccc4c3c2-c2ccccc2-c2ccccc2)cc1.